The third kappa shape index (κ3) is 9.56. The maximum atomic E-state index is 12.1. The fraction of sp³-hybridized carbons (Fsp3) is 0.619. The minimum absolute atomic E-state index is 0.0190. The molecule has 2 N–H and O–H groups in total. The van der Waals surface area contributed by atoms with Crippen LogP contribution in [-0.2, 0) is 11.2 Å². The topological polar surface area (TPSA) is 77.8 Å². The Morgan fingerprint density at radius 1 is 0.885 bits per heavy atom. The Bertz CT molecular complexity index is 527. The molecule has 0 spiro atoms. The van der Waals surface area contributed by atoms with Crippen LogP contribution < -0.4 is 0 Å². The second-order valence-corrected chi connectivity index (χ2v) is 6.85. The summed E-state index contributed by atoms with van der Waals surface area (Å²) in [5.74, 6) is -1.43. The summed E-state index contributed by atoms with van der Waals surface area (Å²) in [6.07, 6.45) is 11.5. The molecule has 0 fully saturated rings. The zero-order valence-corrected chi connectivity index (χ0v) is 16.0. The summed E-state index contributed by atoms with van der Waals surface area (Å²) in [4.78, 5) is 22.5. The molecule has 1 amide bonds. The van der Waals surface area contributed by atoms with E-state index in [9.17, 15) is 14.8 Å². The lowest BCUT2D eigenvalue weighted by Crippen LogP contribution is -2.28. The summed E-state index contributed by atoms with van der Waals surface area (Å²) < 4.78 is 0. The van der Waals surface area contributed by atoms with Crippen LogP contribution in [0, 0.1) is 0 Å². The summed E-state index contributed by atoms with van der Waals surface area (Å²) >= 11 is 0. The highest BCUT2D eigenvalue weighted by molar-refractivity contribution is 5.93. The number of benzene rings is 1. The summed E-state index contributed by atoms with van der Waals surface area (Å²) in [5.41, 5.74) is 1.62. The highest BCUT2D eigenvalue weighted by Crippen LogP contribution is 2.13. The maximum absolute atomic E-state index is 12.1. The Balaban J connectivity index is 2.25. The first-order valence-corrected chi connectivity index (χ1v) is 9.86. The van der Waals surface area contributed by atoms with Crippen molar-refractivity contribution in [1.29, 1.82) is 0 Å². The van der Waals surface area contributed by atoms with E-state index in [-0.39, 0.29) is 19.4 Å². The van der Waals surface area contributed by atoms with Crippen molar-refractivity contribution in [1.82, 2.24) is 5.06 Å². The molecule has 0 saturated heterocycles. The first kappa shape index (κ1) is 22.2. The third-order valence-electron chi connectivity index (χ3n) is 4.51. The molecule has 5 heteroatoms. The molecule has 0 aliphatic carbocycles. The summed E-state index contributed by atoms with van der Waals surface area (Å²) in [7, 11) is 0. The van der Waals surface area contributed by atoms with Crippen molar-refractivity contribution in [3.63, 3.8) is 0 Å². The van der Waals surface area contributed by atoms with E-state index < -0.39 is 11.9 Å². The van der Waals surface area contributed by atoms with Crippen LogP contribution >= 0.6 is 0 Å². The lowest BCUT2D eigenvalue weighted by atomic mass is 10.0. The zero-order chi connectivity index (χ0) is 19.2. The van der Waals surface area contributed by atoms with Gasteiger partial charge >= 0.3 is 5.97 Å². The van der Waals surface area contributed by atoms with Crippen LogP contribution in [0.4, 0.5) is 0 Å². The van der Waals surface area contributed by atoms with Gasteiger partial charge in [-0.15, -0.1) is 0 Å². The molecule has 0 aromatic heterocycles. The van der Waals surface area contributed by atoms with Gasteiger partial charge in [-0.25, -0.2) is 5.06 Å². The summed E-state index contributed by atoms with van der Waals surface area (Å²) in [6.45, 7) is 2.25. The predicted octanol–water partition coefficient (Wildman–Crippen LogP) is 5.07. The van der Waals surface area contributed by atoms with Crippen molar-refractivity contribution in [3.8, 4) is 0 Å². The van der Waals surface area contributed by atoms with Gasteiger partial charge in [0.1, 0.15) is 0 Å². The first-order chi connectivity index (χ1) is 12.5. The number of carboxylic acids is 1. The van der Waals surface area contributed by atoms with Crippen molar-refractivity contribution >= 4 is 11.9 Å². The van der Waals surface area contributed by atoms with Crippen molar-refractivity contribution in [2.24, 2.45) is 0 Å². The second kappa shape index (κ2) is 13.3. The molecule has 26 heavy (non-hydrogen) atoms. The minimum Gasteiger partial charge on any atom is -0.481 e. The Morgan fingerprint density at radius 2 is 1.46 bits per heavy atom. The molecule has 0 unspecified atom stereocenters. The van der Waals surface area contributed by atoms with Gasteiger partial charge in [0.05, 0.1) is 0 Å². The quantitative estimate of drug-likeness (QED) is 0.275. The number of nitrogens with zero attached hydrogens (tertiary/aromatic N) is 1. The Kier molecular flexibility index (Phi) is 11.4. The molecule has 5 nitrogen and oxygen atoms in total. The van der Waals surface area contributed by atoms with Gasteiger partial charge in [-0.3, -0.25) is 14.8 Å². The molecule has 1 rings (SSSR count). The van der Waals surface area contributed by atoms with Crippen LogP contribution in [0.3, 0.4) is 0 Å². The molecular weight excluding hydrogens is 330 g/mol. The van der Waals surface area contributed by atoms with Gasteiger partial charge in [0, 0.05) is 18.5 Å². The normalized spacial score (nSPS) is 10.7. The van der Waals surface area contributed by atoms with Crippen LogP contribution in [0.15, 0.2) is 24.3 Å². The monoisotopic (exact) mass is 363 g/mol. The number of unbranched alkanes of at least 4 members (excludes halogenated alkanes) is 7. The smallest absolute Gasteiger partial charge is 0.303 e. The highest BCUT2D eigenvalue weighted by Gasteiger charge is 2.13. The lowest BCUT2D eigenvalue weighted by molar-refractivity contribution is -0.137. The Labute approximate surface area is 157 Å². The molecule has 0 bridgehead atoms. The van der Waals surface area contributed by atoms with E-state index in [1.807, 2.05) is 12.1 Å². The molecule has 0 aliphatic rings. The Morgan fingerprint density at radius 3 is 2.04 bits per heavy atom. The third-order valence-corrected chi connectivity index (χ3v) is 4.51. The molecule has 0 radical (unpaired) electrons. The van der Waals surface area contributed by atoms with Crippen LogP contribution in [0.2, 0.25) is 0 Å². The maximum Gasteiger partial charge on any atom is 0.303 e. The van der Waals surface area contributed by atoms with Gasteiger partial charge in [0.25, 0.3) is 5.91 Å². The van der Waals surface area contributed by atoms with E-state index in [1.54, 1.807) is 12.1 Å². The van der Waals surface area contributed by atoms with Crippen molar-refractivity contribution in [3.05, 3.63) is 35.4 Å². The number of aliphatic carboxylic acids is 1. The molecule has 0 aliphatic heterocycles. The molecule has 0 heterocycles. The van der Waals surface area contributed by atoms with E-state index >= 15 is 0 Å². The number of aryl methyl sites for hydroxylation is 1. The van der Waals surface area contributed by atoms with Gasteiger partial charge in [-0.1, -0.05) is 64.0 Å². The van der Waals surface area contributed by atoms with Crippen LogP contribution in [0.5, 0.6) is 0 Å². The first-order valence-electron chi connectivity index (χ1n) is 9.86. The van der Waals surface area contributed by atoms with E-state index in [0.29, 0.717) is 10.6 Å². The zero-order valence-electron chi connectivity index (χ0n) is 16.0. The molecule has 1 aromatic carbocycles. The van der Waals surface area contributed by atoms with Gasteiger partial charge in [0.15, 0.2) is 0 Å². The molecule has 0 atom stereocenters. The van der Waals surface area contributed by atoms with E-state index in [2.05, 4.69) is 6.92 Å². The van der Waals surface area contributed by atoms with Gasteiger partial charge in [-0.05, 0) is 37.0 Å². The standard InChI is InChI=1S/C21H33NO4/c1-2-3-4-5-6-7-8-9-11-18-13-15-19(16-14-18)21(25)22(26)17-10-12-20(23)24/h13-16,26H,2-12,17H2,1H3,(H,23,24). The number of hydroxylamine groups is 2. The van der Waals surface area contributed by atoms with Crippen molar-refractivity contribution in [2.45, 2.75) is 77.6 Å². The van der Waals surface area contributed by atoms with E-state index in [4.69, 9.17) is 5.11 Å². The molecule has 0 saturated carbocycles. The second-order valence-electron chi connectivity index (χ2n) is 6.85. The van der Waals surface area contributed by atoms with Crippen LogP contribution in [0.1, 0.15) is 87.1 Å². The number of hydrogen-bond donors (Lipinski definition) is 2. The summed E-state index contributed by atoms with van der Waals surface area (Å²) in [6, 6.07) is 7.31. The Hall–Kier alpha value is -1.88. The van der Waals surface area contributed by atoms with Crippen LogP contribution in [0.25, 0.3) is 0 Å². The van der Waals surface area contributed by atoms with Gasteiger partial charge in [0.2, 0.25) is 0 Å². The van der Waals surface area contributed by atoms with Gasteiger partial charge in [-0.2, -0.15) is 0 Å². The molecule has 1 aromatic rings. The number of amides is 1. The SMILES string of the molecule is CCCCCCCCCCc1ccc(C(=O)N(O)CCCC(=O)O)cc1. The summed E-state index contributed by atoms with van der Waals surface area (Å²) in [5, 5.41) is 18.9. The van der Waals surface area contributed by atoms with Gasteiger partial charge < -0.3 is 5.11 Å². The average Bonchev–Trinajstić information content (AvgIpc) is 2.63. The molecule has 146 valence electrons. The fourth-order valence-electron chi connectivity index (χ4n) is 2.91. The number of carbonyl (C=O) groups excluding carboxylic acids is 1. The van der Waals surface area contributed by atoms with Crippen LogP contribution in [-0.4, -0.2) is 33.8 Å². The fourth-order valence-corrected chi connectivity index (χ4v) is 2.91. The number of carbonyl (C=O) groups is 2. The lowest BCUT2D eigenvalue weighted by Gasteiger charge is -2.14. The van der Waals surface area contributed by atoms with Crippen molar-refractivity contribution < 1.29 is 19.9 Å². The number of hydrogen-bond acceptors (Lipinski definition) is 3. The van der Waals surface area contributed by atoms with Crippen molar-refractivity contribution in [2.75, 3.05) is 6.54 Å². The number of carboxylic acid groups (broad SMARTS) is 1. The van der Waals surface area contributed by atoms with E-state index in [0.717, 1.165) is 12.8 Å². The number of rotatable bonds is 14. The molecular formula is C21H33NO4. The van der Waals surface area contributed by atoms with E-state index in [1.165, 1.54) is 50.5 Å². The average molecular weight is 363 g/mol. The minimum atomic E-state index is -0.934. The highest BCUT2D eigenvalue weighted by atomic mass is 16.5. The predicted molar refractivity (Wildman–Crippen MR) is 102 cm³/mol. The largest absolute Gasteiger partial charge is 0.481 e.